The van der Waals surface area contributed by atoms with Gasteiger partial charge >= 0.3 is 0 Å². The van der Waals surface area contributed by atoms with Crippen molar-refractivity contribution in [3.05, 3.63) is 58.3 Å². The standard InChI is InChI=1S/C17H21NS2/c19-13-15(14-5-2-1-3-6-14)11-18(16-8-9-16)12-17-7-4-10-20-17/h1-7,10,15-16,19H,8-9,11-13H2. The highest BCUT2D eigenvalue weighted by molar-refractivity contribution is 7.80. The fourth-order valence-corrected chi connectivity index (χ4v) is 3.72. The number of benzene rings is 1. The van der Waals surface area contributed by atoms with E-state index >= 15 is 0 Å². The second kappa shape index (κ2) is 6.79. The molecule has 0 N–H and O–H groups in total. The molecule has 0 aliphatic heterocycles. The van der Waals surface area contributed by atoms with E-state index in [0.29, 0.717) is 5.92 Å². The van der Waals surface area contributed by atoms with Crippen molar-refractivity contribution in [1.29, 1.82) is 0 Å². The van der Waals surface area contributed by atoms with E-state index in [4.69, 9.17) is 0 Å². The molecular formula is C17H21NS2. The summed E-state index contributed by atoms with van der Waals surface area (Å²) in [5.74, 6) is 1.44. The second-order valence-electron chi connectivity index (χ2n) is 5.53. The van der Waals surface area contributed by atoms with Gasteiger partial charge < -0.3 is 0 Å². The van der Waals surface area contributed by atoms with Crippen molar-refractivity contribution < 1.29 is 0 Å². The highest BCUT2D eigenvalue weighted by Crippen LogP contribution is 2.31. The average Bonchev–Trinajstić information content (AvgIpc) is 3.22. The minimum atomic E-state index is 0.528. The van der Waals surface area contributed by atoms with E-state index in [0.717, 1.165) is 24.9 Å². The van der Waals surface area contributed by atoms with Gasteiger partial charge in [-0.1, -0.05) is 36.4 Å². The van der Waals surface area contributed by atoms with Crippen molar-refractivity contribution in [2.24, 2.45) is 0 Å². The summed E-state index contributed by atoms with van der Waals surface area (Å²) in [5.41, 5.74) is 1.42. The third kappa shape index (κ3) is 3.66. The first-order valence-corrected chi connectivity index (χ1v) is 8.80. The van der Waals surface area contributed by atoms with Crippen LogP contribution in [0.1, 0.15) is 29.2 Å². The van der Waals surface area contributed by atoms with E-state index in [1.807, 2.05) is 11.3 Å². The number of rotatable bonds is 7. The van der Waals surface area contributed by atoms with E-state index in [2.05, 4.69) is 65.4 Å². The van der Waals surface area contributed by atoms with Gasteiger partial charge in [-0.05, 0) is 35.6 Å². The molecule has 1 aromatic heterocycles. The first-order valence-electron chi connectivity index (χ1n) is 7.29. The van der Waals surface area contributed by atoms with E-state index in [-0.39, 0.29) is 0 Å². The lowest BCUT2D eigenvalue weighted by molar-refractivity contribution is 0.245. The van der Waals surface area contributed by atoms with Gasteiger partial charge in [0.2, 0.25) is 0 Å². The Balaban J connectivity index is 1.68. The number of hydrogen-bond acceptors (Lipinski definition) is 3. The van der Waals surface area contributed by atoms with Gasteiger partial charge in [-0.25, -0.2) is 0 Å². The Kier molecular flexibility index (Phi) is 4.81. The van der Waals surface area contributed by atoms with Crippen molar-refractivity contribution in [2.45, 2.75) is 31.3 Å². The Hall–Kier alpha value is -0.770. The van der Waals surface area contributed by atoms with Gasteiger partial charge in [0, 0.05) is 29.9 Å². The summed E-state index contributed by atoms with van der Waals surface area (Å²) in [7, 11) is 0. The van der Waals surface area contributed by atoms with Gasteiger partial charge in [0.1, 0.15) is 0 Å². The summed E-state index contributed by atoms with van der Waals surface area (Å²) in [6, 6.07) is 16.0. The predicted octanol–water partition coefficient (Wildman–Crippen LogP) is 4.43. The molecule has 1 atom stereocenters. The minimum Gasteiger partial charge on any atom is -0.295 e. The molecule has 1 nitrogen and oxygen atoms in total. The van der Waals surface area contributed by atoms with Gasteiger partial charge in [0.05, 0.1) is 0 Å². The fraction of sp³-hybridized carbons (Fsp3) is 0.412. The molecule has 3 heteroatoms. The van der Waals surface area contributed by atoms with Crippen molar-refractivity contribution in [2.75, 3.05) is 12.3 Å². The lowest BCUT2D eigenvalue weighted by atomic mass is 10.0. The summed E-state index contributed by atoms with van der Waals surface area (Å²) in [5, 5.41) is 2.17. The van der Waals surface area contributed by atoms with Crippen LogP contribution in [0, 0.1) is 0 Å². The van der Waals surface area contributed by atoms with Crippen LogP contribution in [0.2, 0.25) is 0 Å². The van der Waals surface area contributed by atoms with Crippen LogP contribution in [-0.4, -0.2) is 23.2 Å². The van der Waals surface area contributed by atoms with Crippen molar-refractivity contribution in [1.82, 2.24) is 4.90 Å². The maximum atomic E-state index is 4.58. The largest absolute Gasteiger partial charge is 0.295 e. The molecule has 106 valence electrons. The fourth-order valence-electron chi connectivity index (χ4n) is 2.66. The van der Waals surface area contributed by atoms with Gasteiger partial charge in [0.25, 0.3) is 0 Å². The number of thiol groups is 1. The summed E-state index contributed by atoms with van der Waals surface area (Å²) in [6.45, 7) is 2.22. The average molecular weight is 303 g/mol. The molecule has 1 fully saturated rings. The lowest BCUT2D eigenvalue weighted by Crippen LogP contribution is -2.30. The molecule has 1 aliphatic carbocycles. The summed E-state index contributed by atoms with van der Waals surface area (Å²) in [4.78, 5) is 4.13. The Bertz CT molecular complexity index is 505. The Morgan fingerprint density at radius 2 is 1.95 bits per heavy atom. The summed E-state index contributed by atoms with van der Waals surface area (Å²) in [6.07, 6.45) is 2.72. The quantitative estimate of drug-likeness (QED) is 0.741. The van der Waals surface area contributed by atoms with Crippen molar-refractivity contribution in [3.8, 4) is 0 Å². The van der Waals surface area contributed by atoms with Crippen LogP contribution in [0.15, 0.2) is 47.8 Å². The molecular weight excluding hydrogens is 282 g/mol. The maximum Gasteiger partial charge on any atom is 0.0331 e. The highest BCUT2D eigenvalue weighted by Gasteiger charge is 2.30. The molecule has 3 rings (SSSR count). The van der Waals surface area contributed by atoms with E-state index in [9.17, 15) is 0 Å². The maximum absolute atomic E-state index is 4.58. The molecule has 0 bridgehead atoms. The van der Waals surface area contributed by atoms with Crippen LogP contribution in [0.4, 0.5) is 0 Å². The third-order valence-corrected chi connectivity index (χ3v) is 5.25. The predicted molar refractivity (Wildman–Crippen MR) is 90.8 cm³/mol. The van der Waals surface area contributed by atoms with Crippen LogP contribution >= 0.6 is 24.0 Å². The van der Waals surface area contributed by atoms with Gasteiger partial charge in [-0.2, -0.15) is 12.6 Å². The molecule has 20 heavy (non-hydrogen) atoms. The molecule has 0 spiro atoms. The van der Waals surface area contributed by atoms with Crippen LogP contribution in [0.3, 0.4) is 0 Å². The summed E-state index contributed by atoms with van der Waals surface area (Å²) < 4.78 is 0. The van der Waals surface area contributed by atoms with E-state index in [1.165, 1.54) is 23.3 Å². The third-order valence-electron chi connectivity index (χ3n) is 3.95. The second-order valence-corrected chi connectivity index (χ2v) is 6.93. The number of thiophene rings is 1. The molecule has 1 aromatic carbocycles. The number of nitrogens with zero attached hydrogens (tertiary/aromatic N) is 1. The molecule has 0 radical (unpaired) electrons. The lowest BCUT2D eigenvalue weighted by Gasteiger charge is -2.26. The normalized spacial score (nSPS) is 16.5. The smallest absolute Gasteiger partial charge is 0.0331 e. The Labute approximate surface area is 131 Å². The zero-order chi connectivity index (χ0) is 13.8. The molecule has 1 aliphatic rings. The molecule has 1 saturated carbocycles. The molecule has 1 heterocycles. The highest BCUT2D eigenvalue weighted by atomic mass is 32.1. The van der Waals surface area contributed by atoms with Gasteiger partial charge in [-0.3, -0.25) is 4.90 Å². The zero-order valence-corrected chi connectivity index (χ0v) is 13.3. The first-order chi connectivity index (χ1) is 9.86. The Morgan fingerprint density at radius 3 is 2.55 bits per heavy atom. The molecule has 2 aromatic rings. The molecule has 0 amide bonds. The van der Waals surface area contributed by atoms with Crippen molar-refractivity contribution in [3.63, 3.8) is 0 Å². The monoisotopic (exact) mass is 303 g/mol. The molecule has 1 unspecified atom stereocenters. The molecule has 0 saturated heterocycles. The topological polar surface area (TPSA) is 3.24 Å². The summed E-state index contributed by atoms with van der Waals surface area (Å²) >= 11 is 6.45. The van der Waals surface area contributed by atoms with Crippen LogP contribution in [-0.2, 0) is 6.54 Å². The van der Waals surface area contributed by atoms with Crippen LogP contribution < -0.4 is 0 Å². The van der Waals surface area contributed by atoms with Crippen LogP contribution in [0.5, 0.6) is 0 Å². The van der Waals surface area contributed by atoms with Gasteiger partial charge in [0.15, 0.2) is 0 Å². The first kappa shape index (κ1) is 14.2. The van der Waals surface area contributed by atoms with Gasteiger partial charge in [-0.15, -0.1) is 11.3 Å². The van der Waals surface area contributed by atoms with E-state index < -0.39 is 0 Å². The van der Waals surface area contributed by atoms with Crippen molar-refractivity contribution >= 4 is 24.0 Å². The zero-order valence-electron chi connectivity index (χ0n) is 11.6. The van der Waals surface area contributed by atoms with E-state index in [1.54, 1.807) is 0 Å². The van der Waals surface area contributed by atoms with Crippen LogP contribution in [0.25, 0.3) is 0 Å². The SMILES string of the molecule is SCC(CN(Cc1cccs1)C1CC1)c1ccccc1. The Morgan fingerprint density at radius 1 is 1.15 bits per heavy atom. The number of hydrogen-bond donors (Lipinski definition) is 1. The minimum absolute atomic E-state index is 0.528.